The number of anilines is 1. The standard InChI is InChI=1S/C15H21Cl2N3O2/c1-11(21)20(10-9-19(2)3)8-7-14(22)18-15-12(16)5-4-6-13(15)17/h4-6H,7-10H2,1-3H3,(H,18,22). The lowest BCUT2D eigenvalue weighted by molar-refractivity contribution is -0.129. The van der Waals surface area contributed by atoms with E-state index in [-0.39, 0.29) is 18.2 Å². The van der Waals surface area contributed by atoms with Crippen LogP contribution in [0.15, 0.2) is 18.2 Å². The van der Waals surface area contributed by atoms with Crippen molar-refractivity contribution in [3.8, 4) is 0 Å². The Morgan fingerprint density at radius 1 is 1.09 bits per heavy atom. The quantitative estimate of drug-likeness (QED) is 0.826. The second-order valence-corrected chi connectivity index (χ2v) is 6.02. The van der Waals surface area contributed by atoms with E-state index >= 15 is 0 Å². The van der Waals surface area contributed by atoms with Crippen LogP contribution in [0.4, 0.5) is 5.69 Å². The van der Waals surface area contributed by atoms with Crippen LogP contribution in [0.1, 0.15) is 13.3 Å². The van der Waals surface area contributed by atoms with Crippen LogP contribution in [-0.4, -0.2) is 55.3 Å². The molecule has 0 aliphatic heterocycles. The lowest BCUT2D eigenvalue weighted by atomic mass is 10.3. The summed E-state index contributed by atoms with van der Waals surface area (Å²) in [7, 11) is 3.87. The number of amides is 2. The van der Waals surface area contributed by atoms with Gasteiger partial charge in [0.05, 0.1) is 15.7 Å². The maximum atomic E-state index is 12.0. The number of hydrogen-bond donors (Lipinski definition) is 1. The summed E-state index contributed by atoms with van der Waals surface area (Å²) in [5, 5.41) is 3.46. The molecule has 2 amide bonds. The second-order valence-electron chi connectivity index (χ2n) is 5.20. The molecule has 0 radical (unpaired) electrons. The lowest BCUT2D eigenvalue weighted by Gasteiger charge is -2.22. The number of hydrogen-bond acceptors (Lipinski definition) is 3. The number of para-hydroxylation sites is 1. The van der Waals surface area contributed by atoms with E-state index in [2.05, 4.69) is 5.32 Å². The van der Waals surface area contributed by atoms with Crippen LogP contribution in [0.2, 0.25) is 10.0 Å². The Labute approximate surface area is 141 Å². The van der Waals surface area contributed by atoms with Crippen LogP contribution >= 0.6 is 23.2 Å². The van der Waals surface area contributed by atoms with E-state index in [0.29, 0.717) is 28.8 Å². The van der Waals surface area contributed by atoms with Crippen molar-refractivity contribution in [3.05, 3.63) is 28.2 Å². The number of rotatable bonds is 7. The summed E-state index contributed by atoms with van der Waals surface area (Å²) < 4.78 is 0. The molecule has 0 aliphatic rings. The molecule has 0 aromatic heterocycles. The topological polar surface area (TPSA) is 52.7 Å². The molecule has 0 fully saturated rings. The molecule has 0 heterocycles. The maximum Gasteiger partial charge on any atom is 0.226 e. The molecule has 122 valence electrons. The third-order valence-electron chi connectivity index (χ3n) is 3.10. The summed E-state index contributed by atoms with van der Waals surface area (Å²) in [6.07, 6.45) is 0.189. The van der Waals surface area contributed by atoms with Gasteiger partial charge in [-0.1, -0.05) is 29.3 Å². The number of nitrogens with zero attached hydrogens (tertiary/aromatic N) is 2. The molecule has 5 nitrogen and oxygen atoms in total. The van der Waals surface area contributed by atoms with Gasteiger partial charge in [-0.15, -0.1) is 0 Å². The first-order valence-electron chi connectivity index (χ1n) is 6.95. The van der Waals surface area contributed by atoms with E-state index in [0.717, 1.165) is 6.54 Å². The molecule has 0 saturated heterocycles. The summed E-state index contributed by atoms with van der Waals surface area (Å²) in [5.41, 5.74) is 0.401. The van der Waals surface area contributed by atoms with Crippen LogP contribution in [0, 0.1) is 0 Å². The Bertz CT molecular complexity index is 515. The second kappa shape index (κ2) is 8.98. The average Bonchev–Trinajstić information content (AvgIpc) is 2.42. The summed E-state index contributed by atoms with van der Waals surface area (Å²) in [6, 6.07) is 5.02. The lowest BCUT2D eigenvalue weighted by Crippen LogP contribution is -2.37. The molecule has 1 aromatic carbocycles. The maximum absolute atomic E-state index is 12.0. The SMILES string of the molecule is CC(=O)N(CCC(=O)Nc1c(Cl)cccc1Cl)CCN(C)C. The molecule has 1 aromatic rings. The minimum atomic E-state index is -0.230. The average molecular weight is 346 g/mol. The van der Waals surface area contributed by atoms with Gasteiger partial charge in [-0.05, 0) is 26.2 Å². The number of nitrogens with one attached hydrogen (secondary N) is 1. The summed E-state index contributed by atoms with van der Waals surface area (Å²) in [4.78, 5) is 27.2. The Morgan fingerprint density at radius 3 is 2.18 bits per heavy atom. The van der Waals surface area contributed by atoms with E-state index in [1.165, 1.54) is 6.92 Å². The molecule has 0 aliphatic carbocycles. The predicted molar refractivity (Wildman–Crippen MR) is 90.5 cm³/mol. The highest BCUT2D eigenvalue weighted by atomic mass is 35.5. The molecule has 0 bridgehead atoms. The minimum Gasteiger partial charge on any atom is -0.341 e. The fourth-order valence-electron chi connectivity index (χ4n) is 1.80. The summed E-state index contributed by atoms with van der Waals surface area (Å²) in [5.74, 6) is -0.281. The number of carbonyl (C=O) groups is 2. The highest BCUT2D eigenvalue weighted by Crippen LogP contribution is 2.29. The van der Waals surface area contributed by atoms with Crippen LogP contribution in [0.25, 0.3) is 0 Å². The number of halogens is 2. The Morgan fingerprint density at radius 2 is 1.68 bits per heavy atom. The smallest absolute Gasteiger partial charge is 0.226 e. The van der Waals surface area contributed by atoms with Crippen molar-refractivity contribution < 1.29 is 9.59 Å². The van der Waals surface area contributed by atoms with Crippen LogP contribution in [0.3, 0.4) is 0 Å². The Kier molecular flexibility index (Phi) is 7.65. The van der Waals surface area contributed by atoms with Gasteiger partial charge in [0.2, 0.25) is 11.8 Å². The van der Waals surface area contributed by atoms with Crippen molar-refractivity contribution in [2.24, 2.45) is 0 Å². The molecular formula is C15H21Cl2N3O2. The van der Waals surface area contributed by atoms with Gasteiger partial charge in [0.15, 0.2) is 0 Å². The first kappa shape index (κ1) is 18.7. The molecule has 0 atom stereocenters. The number of carbonyl (C=O) groups excluding carboxylic acids is 2. The van der Waals surface area contributed by atoms with Gasteiger partial charge in [-0.3, -0.25) is 9.59 Å². The zero-order valence-electron chi connectivity index (χ0n) is 13.0. The monoisotopic (exact) mass is 345 g/mol. The predicted octanol–water partition coefficient (Wildman–Crippen LogP) is 2.73. The van der Waals surface area contributed by atoms with Gasteiger partial charge in [-0.2, -0.15) is 0 Å². The molecule has 1 N–H and O–H groups in total. The first-order chi connectivity index (χ1) is 10.3. The van der Waals surface area contributed by atoms with E-state index in [4.69, 9.17) is 23.2 Å². The largest absolute Gasteiger partial charge is 0.341 e. The highest BCUT2D eigenvalue weighted by molar-refractivity contribution is 6.39. The van der Waals surface area contributed by atoms with Gasteiger partial charge in [-0.25, -0.2) is 0 Å². The third kappa shape index (κ3) is 6.22. The highest BCUT2D eigenvalue weighted by Gasteiger charge is 2.13. The van der Waals surface area contributed by atoms with E-state index < -0.39 is 0 Å². The molecule has 0 saturated carbocycles. The number of benzene rings is 1. The molecule has 1 rings (SSSR count). The van der Waals surface area contributed by atoms with E-state index in [1.807, 2.05) is 19.0 Å². The van der Waals surface area contributed by atoms with Gasteiger partial charge >= 0.3 is 0 Å². The van der Waals surface area contributed by atoms with Crippen LogP contribution in [0.5, 0.6) is 0 Å². The zero-order chi connectivity index (χ0) is 16.7. The van der Waals surface area contributed by atoms with E-state index in [9.17, 15) is 9.59 Å². The van der Waals surface area contributed by atoms with E-state index in [1.54, 1.807) is 23.1 Å². The minimum absolute atomic E-state index is 0.0505. The van der Waals surface area contributed by atoms with Gasteiger partial charge in [0.25, 0.3) is 0 Å². The normalized spacial score (nSPS) is 10.6. The van der Waals surface area contributed by atoms with Crippen molar-refractivity contribution in [2.45, 2.75) is 13.3 Å². The summed E-state index contributed by atoms with van der Waals surface area (Å²) in [6.45, 7) is 3.19. The molecule has 0 unspecified atom stereocenters. The summed E-state index contributed by atoms with van der Waals surface area (Å²) >= 11 is 12.0. The number of likely N-dealkylation sites (N-methyl/N-ethyl adjacent to an activating group) is 1. The van der Waals surface area contributed by atoms with Gasteiger partial charge in [0, 0.05) is 33.0 Å². The van der Waals surface area contributed by atoms with Gasteiger partial charge < -0.3 is 15.1 Å². The van der Waals surface area contributed by atoms with Gasteiger partial charge in [0.1, 0.15) is 0 Å². The molecule has 7 heteroatoms. The third-order valence-corrected chi connectivity index (χ3v) is 3.73. The Balaban J connectivity index is 2.55. The van der Waals surface area contributed by atoms with Crippen molar-refractivity contribution in [3.63, 3.8) is 0 Å². The van der Waals surface area contributed by atoms with Crippen molar-refractivity contribution in [2.75, 3.05) is 39.0 Å². The van der Waals surface area contributed by atoms with Crippen molar-refractivity contribution in [1.29, 1.82) is 0 Å². The zero-order valence-corrected chi connectivity index (χ0v) is 14.5. The van der Waals surface area contributed by atoms with Crippen LogP contribution < -0.4 is 5.32 Å². The molecular weight excluding hydrogens is 325 g/mol. The first-order valence-corrected chi connectivity index (χ1v) is 7.71. The van der Waals surface area contributed by atoms with Crippen molar-refractivity contribution in [1.82, 2.24) is 9.80 Å². The van der Waals surface area contributed by atoms with Crippen molar-refractivity contribution >= 4 is 40.7 Å². The Hall–Kier alpha value is -1.30. The molecule has 0 spiro atoms. The molecule has 22 heavy (non-hydrogen) atoms. The fourth-order valence-corrected chi connectivity index (χ4v) is 2.30. The fraction of sp³-hybridized carbons (Fsp3) is 0.467. The van der Waals surface area contributed by atoms with Crippen LogP contribution in [-0.2, 0) is 9.59 Å².